The molecule has 10 heteroatoms. The Balaban J connectivity index is 1.52. The maximum atomic E-state index is 13.5. The number of hydrogen-bond acceptors (Lipinski definition) is 7. The van der Waals surface area contributed by atoms with Crippen molar-refractivity contribution in [2.75, 3.05) is 25.5 Å². The summed E-state index contributed by atoms with van der Waals surface area (Å²) in [6.45, 7) is 1.97. The van der Waals surface area contributed by atoms with Gasteiger partial charge in [-0.25, -0.2) is 8.42 Å². The van der Waals surface area contributed by atoms with E-state index in [2.05, 4.69) is 10.5 Å². The minimum atomic E-state index is -3.93. The molecule has 0 aliphatic carbocycles. The van der Waals surface area contributed by atoms with Crippen molar-refractivity contribution in [3.8, 4) is 5.75 Å². The fourth-order valence-corrected chi connectivity index (χ4v) is 5.57. The summed E-state index contributed by atoms with van der Waals surface area (Å²) in [5, 5.41) is 6.71. The van der Waals surface area contributed by atoms with Gasteiger partial charge in [0.15, 0.2) is 10.7 Å². The summed E-state index contributed by atoms with van der Waals surface area (Å²) >= 11 is 0. The van der Waals surface area contributed by atoms with E-state index in [-0.39, 0.29) is 28.8 Å². The first-order valence-corrected chi connectivity index (χ1v) is 12.0. The molecule has 0 saturated carbocycles. The predicted molar refractivity (Wildman–Crippen MR) is 122 cm³/mol. The number of benzene rings is 1. The number of ether oxygens (including phenoxy) is 1. The van der Waals surface area contributed by atoms with E-state index < -0.39 is 15.9 Å². The number of carbonyl (C=O) groups is 1. The highest BCUT2D eigenvalue weighted by atomic mass is 32.2. The molecular formula is C23H25N3O6S. The number of furan rings is 1. The predicted octanol–water partition coefficient (Wildman–Crippen LogP) is 3.79. The summed E-state index contributed by atoms with van der Waals surface area (Å²) in [5.41, 5.74) is 0.858. The third-order valence-corrected chi connectivity index (χ3v) is 7.49. The highest BCUT2D eigenvalue weighted by molar-refractivity contribution is 7.89. The summed E-state index contributed by atoms with van der Waals surface area (Å²) in [5.74, 6) is 0.579. The second kappa shape index (κ2) is 9.63. The van der Waals surface area contributed by atoms with Gasteiger partial charge in [-0.05, 0) is 56.2 Å². The van der Waals surface area contributed by atoms with Crippen LogP contribution in [-0.4, -0.2) is 44.0 Å². The largest absolute Gasteiger partial charge is 0.497 e. The third-order valence-electron chi connectivity index (χ3n) is 5.47. The minimum Gasteiger partial charge on any atom is -0.497 e. The van der Waals surface area contributed by atoms with Gasteiger partial charge < -0.3 is 19.0 Å². The highest BCUT2D eigenvalue weighted by Gasteiger charge is 2.37. The van der Waals surface area contributed by atoms with Gasteiger partial charge in [-0.3, -0.25) is 4.79 Å². The topological polar surface area (TPSA) is 115 Å². The molecule has 0 spiro atoms. The lowest BCUT2D eigenvalue weighted by Crippen LogP contribution is -2.43. The van der Waals surface area contributed by atoms with Crippen LogP contribution in [0.4, 0.5) is 5.69 Å². The molecule has 1 aromatic carbocycles. The van der Waals surface area contributed by atoms with Crippen molar-refractivity contribution in [2.24, 2.45) is 5.92 Å². The monoisotopic (exact) mass is 471 g/mol. The van der Waals surface area contributed by atoms with Crippen molar-refractivity contribution >= 4 is 33.8 Å². The summed E-state index contributed by atoms with van der Waals surface area (Å²) < 4.78 is 44.0. The van der Waals surface area contributed by atoms with Crippen LogP contribution in [-0.2, 0) is 14.8 Å². The van der Waals surface area contributed by atoms with Crippen molar-refractivity contribution in [3.63, 3.8) is 0 Å². The van der Waals surface area contributed by atoms with Gasteiger partial charge >= 0.3 is 0 Å². The van der Waals surface area contributed by atoms with E-state index in [9.17, 15) is 13.2 Å². The van der Waals surface area contributed by atoms with Crippen LogP contribution < -0.4 is 10.1 Å². The Morgan fingerprint density at radius 1 is 1.27 bits per heavy atom. The fourth-order valence-electron chi connectivity index (χ4n) is 3.79. The Bertz CT molecular complexity index is 1250. The molecule has 9 nitrogen and oxygen atoms in total. The molecule has 174 valence electrons. The lowest BCUT2D eigenvalue weighted by atomic mass is 9.98. The maximum Gasteiger partial charge on any atom is 0.248 e. The second-order valence-corrected chi connectivity index (χ2v) is 9.61. The minimum absolute atomic E-state index is 0.000778. The Morgan fingerprint density at radius 3 is 2.88 bits per heavy atom. The van der Waals surface area contributed by atoms with Crippen LogP contribution in [0.3, 0.4) is 0 Å². The van der Waals surface area contributed by atoms with Crippen LogP contribution in [0, 0.1) is 12.8 Å². The molecule has 1 aliphatic rings. The van der Waals surface area contributed by atoms with Gasteiger partial charge in [0.05, 0.1) is 19.3 Å². The SMILES string of the molecule is COc1cccc(NC(=O)C2CCCN(S(=O)(=O)c3c(C)noc3/C=C/c3ccco3)C2)c1. The molecule has 4 rings (SSSR count). The van der Waals surface area contributed by atoms with Crippen LogP contribution in [0.5, 0.6) is 5.75 Å². The van der Waals surface area contributed by atoms with E-state index >= 15 is 0 Å². The first-order chi connectivity index (χ1) is 15.9. The van der Waals surface area contributed by atoms with E-state index in [1.54, 1.807) is 56.5 Å². The number of hydrogen-bond donors (Lipinski definition) is 1. The zero-order chi connectivity index (χ0) is 23.4. The van der Waals surface area contributed by atoms with Crippen molar-refractivity contribution in [1.29, 1.82) is 0 Å². The molecule has 33 heavy (non-hydrogen) atoms. The van der Waals surface area contributed by atoms with Gasteiger partial charge in [-0.15, -0.1) is 0 Å². The third kappa shape index (κ3) is 5.01. The number of carbonyl (C=O) groups excluding carboxylic acids is 1. The van der Waals surface area contributed by atoms with Gasteiger partial charge in [0.2, 0.25) is 15.9 Å². The zero-order valence-electron chi connectivity index (χ0n) is 18.4. The van der Waals surface area contributed by atoms with Crippen molar-refractivity contribution < 1.29 is 26.9 Å². The molecule has 3 aromatic rings. The standard InChI is InChI=1S/C23H25N3O6S/c1-16-22(21(32-25-16)11-10-19-9-5-13-31-19)33(28,29)26-12-4-6-17(15-26)23(27)24-18-7-3-8-20(14-18)30-2/h3,5,7-11,13-14,17H,4,6,12,15H2,1-2H3,(H,24,27)/b11-10+. The molecule has 1 atom stereocenters. The van der Waals surface area contributed by atoms with Gasteiger partial charge in [0.1, 0.15) is 17.2 Å². The van der Waals surface area contributed by atoms with Crippen LogP contribution in [0.2, 0.25) is 0 Å². The molecule has 1 amide bonds. The molecule has 0 radical (unpaired) electrons. The molecule has 0 bridgehead atoms. The van der Waals surface area contributed by atoms with Gasteiger partial charge in [-0.1, -0.05) is 11.2 Å². The average molecular weight is 472 g/mol. The Labute approximate surface area is 192 Å². The number of aryl methyl sites for hydroxylation is 1. The average Bonchev–Trinajstić information content (AvgIpc) is 3.47. The van der Waals surface area contributed by atoms with E-state index in [0.717, 1.165) is 0 Å². The van der Waals surface area contributed by atoms with Crippen molar-refractivity contribution in [2.45, 2.75) is 24.7 Å². The molecule has 1 fully saturated rings. The number of methoxy groups -OCH3 is 1. The quantitative estimate of drug-likeness (QED) is 0.557. The number of amides is 1. The Hall–Kier alpha value is -3.37. The fraction of sp³-hybridized carbons (Fsp3) is 0.304. The molecule has 2 aromatic heterocycles. The Morgan fingerprint density at radius 2 is 2.12 bits per heavy atom. The van der Waals surface area contributed by atoms with Crippen LogP contribution >= 0.6 is 0 Å². The number of rotatable bonds is 7. The molecule has 1 saturated heterocycles. The van der Waals surface area contributed by atoms with E-state index in [1.165, 1.54) is 16.6 Å². The van der Waals surface area contributed by atoms with Crippen LogP contribution in [0.15, 0.2) is 56.5 Å². The maximum absolute atomic E-state index is 13.5. The highest BCUT2D eigenvalue weighted by Crippen LogP contribution is 2.30. The first kappa shape index (κ1) is 22.8. The number of sulfonamides is 1. The lowest BCUT2D eigenvalue weighted by Gasteiger charge is -2.31. The van der Waals surface area contributed by atoms with E-state index in [0.29, 0.717) is 36.6 Å². The van der Waals surface area contributed by atoms with Gasteiger partial charge in [0.25, 0.3) is 0 Å². The van der Waals surface area contributed by atoms with Gasteiger partial charge in [0, 0.05) is 24.8 Å². The van der Waals surface area contributed by atoms with Crippen molar-refractivity contribution in [1.82, 2.24) is 9.46 Å². The summed E-state index contributed by atoms with van der Waals surface area (Å²) in [6, 6.07) is 10.5. The Kier molecular flexibility index (Phi) is 6.66. The number of aromatic nitrogens is 1. The lowest BCUT2D eigenvalue weighted by molar-refractivity contribution is -0.120. The second-order valence-electron chi connectivity index (χ2n) is 7.73. The summed E-state index contributed by atoms with van der Waals surface area (Å²) in [4.78, 5) is 12.9. The smallest absolute Gasteiger partial charge is 0.248 e. The van der Waals surface area contributed by atoms with E-state index in [4.69, 9.17) is 13.7 Å². The van der Waals surface area contributed by atoms with Crippen molar-refractivity contribution in [3.05, 3.63) is 59.9 Å². The molecule has 3 heterocycles. The number of nitrogens with one attached hydrogen (secondary N) is 1. The summed E-state index contributed by atoms with van der Waals surface area (Å²) in [6.07, 6.45) is 5.81. The molecule has 1 unspecified atom stereocenters. The van der Waals surface area contributed by atoms with Crippen LogP contribution in [0.1, 0.15) is 30.1 Å². The van der Waals surface area contributed by atoms with Crippen LogP contribution in [0.25, 0.3) is 12.2 Å². The molecule has 1 N–H and O–H groups in total. The first-order valence-electron chi connectivity index (χ1n) is 10.5. The number of anilines is 1. The van der Waals surface area contributed by atoms with Gasteiger partial charge in [-0.2, -0.15) is 4.31 Å². The zero-order valence-corrected chi connectivity index (χ0v) is 19.2. The number of nitrogens with zero attached hydrogens (tertiary/aromatic N) is 2. The molecule has 1 aliphatic heterocycles. The summed E-state index contributed by atoms with van der Waals surface area (Å²) in [7, 11) is -2.37. The van der Waals surface area contributed by atoms with E-state index in [1.807, 2.05) is 0 Å². The molecular weight excluding hydrogens is 446 g/mol. The normalized spacial score (nSPS) is 17.3. The number of piperidine rings is 1.